The third-order valence-electron chi connectivity index (χ3n) is 10.4. The Labute approximate surface area is 415 Å². The molecule has 6 N–H and O–H groups in total. The van der Waals surface area contributed by atoms with E-state index in [-0.39, 0.29) is 81.9 Å². The van der Waals surface area contributed by atoms with Crippen LogP contribution in [0.25, 0.3) is 32.7 Å². The molecule has 0 fully saturated rings. The number of halogens is 1. The van der Waals surface area contributed by atoms with E-state index in [4.69, 9.17) is 0 Å². The minimum Gasteiger partial charge on any atom is -0.339 e. The molecule has 358 valence electrons. The highest BCUT2D eigenvalue weighted by molar-refractivity contribution is 9.10. The Kier molecular flexibility index (Phi) is 13.4. The van der Waals surface area contributed by atoms with Crippen LogP contribution in [0.2, 0.25) is 0 Å². The number of aromatic nitrogens is 1. The summed E-state index contributed by atoms with van der Waals surface area (Å²) in [6.07, 6.45) is 0. The van der Waals surface area contributed by atoms with Gasteiger partial charge in [0.1, 0.15) is 38.2 Å². The van der Waals surface area contributed by atoms with Gasteiger partial charge in [0.25, 0.3) is 40.5 Å². The summed E-state index contributed by atoms with van der Waals surface area (Å²) in [7, 11) is -19.1. The molecular formula is C44H28BrN9O12S5. The number of pyridine rings is 1. The van der Waals surface area contributed by atoms with Gasteiger partial charge in [-0.25, -0.2) is 4.98 Å². The van der Waals surface area contributed by atoms with Gasteiger partial charge in [-0.1, -0.05) is 63.7 Å². The van der Waals surface area contributed by atoms with Crippen molar-refractivity contribution in [2.45, 2.75) is 26.5 Å². The monoisotopic (exact) mass is 1110 g/mol. The number of azo groups is 2. The van der Waals surface area contributed by atoms with Crippen molar-refractivity contribution in [1.29, 1.82) is 10.5 Å². The van der Waals surface area contributed by atoms with E-state index in [1.165, 1.54) is 37.3 Å². The third kappa shape index (κ3) is 10.7. The van der Waals surface area contributed by atoms with Crippen LogP contribution in [0.5, 0.6) is 0 Å². The van der Waals surface area contributed by atoms with Crippen LogP contribution < -0.4 is 10.6 Å². The number of benzene rings is 6. The van der Waals surface area contributed by atoms with Crippen molar-refractivity contribution in [3.05, 3.63) is 136 Å². The second-order valence-corrected chi connectivity index (χ2v) is 22.5. The second kappa shape index (κ2) is 19.1. The maximum absolute atomic E-state index is 12.7. The summed E-state index contributed by atoms with van der Waals surface area (Å²) < 4.78 is 137. The first kappa shape index (κ1) is 50.0. The third-order valence-corrected chi connectivity index (χ3v) is 15.3. The minimum absolute atomic E-state index is 0.00879. The Morgan fingerprint density at radius 1 is 0.577 bits per heavy atom. The molecular weight excluding hydrogens is 1090 g/mol. The van der Waals surface area contributed by atoms with E-state index in [2.05, 4.69) is 64.1 Å². The van der Waals surface area contributed by atoms with Gasteiger partial charge in [0.2, 0.25) is 0 Å². The molecule has 0 amide bonds. The smallest absolute Gasteiger partial charge is 0.295 e. The van der Waals surface area contributed by atoms with Gasteiger partial charge in [-0.15, -0.1) is 20.5 Å². The highest BCUT2D eigenvalue weighted by Crippen LogP contribution is 2.49. The van der Waals surface area contributed by atoms with Crippen molar-refractivity contribution in [1.82, 2.24) is 4.98 Å². The zero-order valence-corrected chi connectivity index (χ0v) is 41.2. The molecule has 0 aliphatic carbocycles. The summed E-state index contributed by atoms with van der Waals surface area (Å²) in [5, 5.41) is 45.5. The first-order valence-electron chi connectivity index (χ1n) is 19.7. The lowest BCUT2D eigenvalue weighted by Gasteiger charge is -2.16. The molecule has 8 aromatic rings. The number of fused-ring (bicyclic) bond motifs is 2. The zero-order chi connectivity index (χ0) is 51.2. The summed E-state index contributed by atoms with van der Waals surface area (Å²) in [5.74, 6) is -0.160. The highest BCUT2D eigenvalue weighted by Gasteiger charge is 2.25. The number of nitrogens with zero attached hydrogens (tertiary/aromatic N) is 7. The van der Waals surface area contributed by atoms with E-state index in [1.54, 1.807) is 24.3 Å². The molecule has 2 aromatic heterocycles. The highest BCUT2D eigenvalue weighted by atomic mass is 79.9. The Morgan fingerprint density at radius 2 is 1.11 bits per heavy atom. The fourth-order valence-electron chi connectivity index (χ4n) is 7.12. The lowest BCUT2D eigenvalue weighted by atomic mass is 10.00. The van der Waals surface area contributed by atoms with Gasteiger partial charge < -0.3 is 10.6 Å². The number of nitriles is 2. The number of nitrogens with one attached hydrogen (secondary N) is 2. The molecule has 21 nitrogen and oxygen atoms in total. The minimum atomic E-state index is -5.06. The molecule has 0 saturated heterocycles. The van der Waals surface area contributed by atoms with Crippen LogP contribution >= 0.6 is 27.3 Å². The van der Waals surface area contributed by atoms with Crippen molar-refractivity contribution >= 4 is 134 Å². The molecule has 0 bridgehead atoms. The van der Waals surface area contributed by atoms with E-state index in [0.717, 1.165) is 64.6 Å². The van der Waals surface area contributed by atoms with Gasteiger partial charge in [-0.05, 0) is 102 Å². The van der Waals surface area contributed by atoms with Gasteiger partial charge in [-0.2, -0.15) is 44.2 Å². The standard InChI is InChI=1S/C44H28BrN9O12S5/c1-23-35(21-46)41(48-28-8-12-31(13-9-28)68(55,56)57)50-42(49-29-10-14-32(15-11-29)69(58,59)60)40(23)52-53-43-36(22-47)39(26-7-6-24-4-2-3-5-25(24)16-26)44(67-43)54-51-30-19-34-33(38(20-30)71(64,65)66)17-27(45)18-37(34)70(61,62)63/h2-20H,1H3,(H2,48,49,50)(H,55,56,57)(H,58,59,60)(H,61,62,63)(H,64,65,66). The van der Waals surface area contributed by atoms with Crippen LogP contribution in [0.3, 0.4) is 0 Å². The van der Waals surface area contributed by atoms with Gasteiger partial charge in [0.05, 0.1) is 21.0 Å². The molecule has 0 radical (unpaired) electrons. The van der Waals surface area contributed by atoms with Gasteiger partial charge in [0, 0.05) is 37.7 Å². The summed E-state index contributed by atoms with van der Waals surface area (Å²) in [6.45, 7) is 1.50. The topological polar surface area (TPSA) is 351 Å². The lowest BCUT2D eigenvalue weighted by Crippen LogP contribution is -2.05. The average molecular weight is 1110 g/mol. The Morgan fingerprint density at radius 3 is 1.68 bits per heavy atom. The summed E-state index contributed by atoms with van der Waals surface area (Å²) >= 11 is 3.89. The van der Waals surface area contributed by atoms with Crippen molar-refractivity contribution in [3.8, 4) is 23.3 Å². The molecule has 27 heteroatoms. The molecule has 0 unspecified atom stereocenters. The van der Waals surface area contributed by atoms with Gasteiger partial charge in [-0.3, -0.25) is 18.2 Å². The molecule has 0 aliphatic heterocycles. The van der Waals surface area contributed by atoms with Crippen LogP contribution in [0, 0.1) is 29.6 Å². The average Bonchev–Trinajstić information content (AvgIpc) is 3.66. The molecule has 6 aromatic carbocycles. The molecule has 8 rings (SSSR count). The zero-order valence-electron chi connectivity index (χ0n) is 35.6. The Hall–Kier alpha value is -7.41. The van der Waals surface area contributed by atoms with Crippen molar-refractivity contribution in [2.24, 2.45) is 20.5 Å². The van der Waals surface area contributed by atoms with E-state index >= 15 is 0 Å². The molecule has 2 heterocycles. The predicted molar refractivity (Wildman–Crippen MR) is 264 cm³/mol. The largest absolute Gasteiger partial charge is 0.339 e. The van der Waals surface area contributed by atoms with Crippen molar-refractivity contribution < 1.29 is 51.9 Å². The number of anilines is 4. The number of thiophene rings is 1. The first-order valence-corrected chi connectivity index (χ1v) is 27.1. The van der Waals surface area contributed by atoms with E-state index in [0.29, 0.717) is 5.56 Å². The number of rotatable bonds is 13. The van der Waals surface area contributed by atoms with Crippen molar-refractivity contribution in [3.63, 3.8) is 0 Å². The maximum atomic E-state index is 12.7. The van der Waals surface area contributed by atoms with Crippen LogP contribution in [0.1, 0.15) is 16.7 Å². The molecule has 0 spiro atoms. The summed E-state index contributed by atoms with van der Waals surface area (Å²) in [4.78, 5) is 2.28. The van der Waals surface area contributed by atoms with Gasteiger partial charge >= 0.3 is 0 Å². The van der Waals surface area contributed by atoms with Crippen LogP contribution in [0.15, 0.2) is 160 Å². The summed E-state index contributed by atoms with van der Waals surface area (Å²) in [5.41, 5.74) is 0.717. The first-order chi connectivity index (χ1) is 33.4. The molecule has 0 aliphatic rings. The van der Waals surface area contributed by atoms with E-state index in [1.807, 2.05) is 18.2 Å². The SMILES string of the molecule is Cc1c(C#N)c(Nc2ccc(S(=O)(=O)O)cc2)nc(Nc2ccc(S(=O)(=O)O)cc2)c1N=Nc1sc(N=Nc2cc(S(=O)(=O)O)c3cc(Br)cc(S(=O)(=O)O)c3c2)c(-c2ccc3ccccc3c2)c1C#N. The van der Waals surface area contributed by atoms with E-state index in [9.17, 15) is 62.4 Å². The summed E-state index contributed by atoms with van der Waals surface area (Å²) in [6, 6.07) is 30.7. The maximum Gasteiger partial charge on any atom is 0.295 e. The van der Waals surface area contributed by atoms with Gasteiger partial charge in [0.15, 0.2) is 16.6 Å². The number of hydrogen-bond donors (Lipinski definition) is 6. The van der Waals surface area contributed by atoms with Crippen molar-refractivity contribution in [2.75, 3.05) is 10.6 Å². The van der Waals surface area contributed by atoms with Crippen LogP contribution in [0.4, 0.5) is 44.4 Å². The predicted octanol–water partition coefficient (Wildman–Crippen LogP) is 11.2. The van der Waals surface area contributed by atoms with Crippen LogP contribution in [-0.2, 0) is 40.5 Å². The fourth-order valence-corrected chi connectivity index (χ4v) is 11.0. The quantitative estimate of drug-likeness (QED) is 0.0461. The lowest BCUT2D eigenvalue weighted by molar-refractivity contribution is 0.481. The molecule has 71 heavy (non-hydrogen) atoms. The van der Waals surface area contributed by atoms with E-state index < -0.39 is 60.1 Å². The molecule has 0 saturated carbocycles. The second-order valence-electron chi connectivity index (χ2n) is 14.9. The van der Waals surface area contributed by atoms with Crippen LogP contribution in [-0.4, -0.2) is 56.9 Å². The normalized spacial score (nSPS) is 12.4. The number of hydrogen-bond acceptors (Lipinski definition) is 18. The molecule has 0 atom stereocenters. The Balaban J connectivity index is 1.30. The fraction of sp³-hybridized carbons (Fsp3) is 0.0227. The Bertz CT molecular complexity index is 4160.